The molecule has 1 heterocycles. The average molecular weight is 449 g/mol. The van der Waals surface area contributed by atoms with Crippen LogP contribution in [0, 0.1) is 11.6 Å². The van der Waals surface area contributed by atoms with E-state index in [1.54, 1.807) is 23.9 Å². The number of hydrogen-bond acceptors (Lipinski definition) is 6. The molecule has 164 valence electrons. The molecular formula is C22H21F2NO5S. The van der Waals surface area contributed by atoms with Crippen molar-refractivity contribution in [2.24, 2.45) is 0 Å². The summed E-state index contributed by atoms with van der Waals surface area (Å²) in [6.07, 6.45) is 2.58. The minimum absolute atomic E-state index is 0.0271. The van der Waals surface area contributed by atoms with Crippen molar-refractivity contribution in [1.82, 2.24) is 5.32 Å². The van der Waals surface area contributed by atoms with Crippen molar-refractivity contribution in [1.29, 1.82) is 0 Å². The van der Waals surface area contributed by atoms with Crippen molar-refractivity contribution in [3.8, 4) is 16.9 Å². The van der Waals surface area contributed by atoms with Gasteiger partial charge in [0.05, 0.1) is 18.2 Å². The van der Waals surface area contributed by atoms with Gasteiger partial charge in [0, 0.05) is 17.5 Å². The molecule has 0 saturated heterocycles. The number of fused-ring (bicyclic) bond motifs is 1. The van der Waals surface area contributed by atoms with Gasteiger partial charge in [0.1, 0.15) is 23.0 Å². The molecule has 9 heteroatoms. The molecule has 1 aromatic heterocycles. The highest BCUT2D eigenvalue weighted by atomic mass is 32.2. The normalized spacial score (nSPS) is 12.0. The third-order valence-electron chi connectivity index (χ3n) is 4.51. The van der Waals surface area contributed by atoms with E-state index in [0.717, 1.165) is 24.0 Å². The molecule has 6 nitrogen and oxygen atoms in total. The summed E-state index contributed by atoms with van der Waals surface area (Å²) in [6.45, 7) is -0.433. The fraction of sp³-hybridized carbons (Fsp3) is 0.273. The predicted octanol–water partition coefficient (Wildman–Crippen LogP) is 3.35. The second kappa shape index (κ2) is 10.4. The first kappa shape index (κ1) is 22.8. The molecular weight excluding hydrogens is 428 g/mol. The summed E-state index contributed by atoms with van der Waals surface area (Å²) in [5.74, 6) is -0.868. The molecule has 1 amide bonds. The molecule has 0 bridgehead atoms. The first-order valence-corrected chi connectivity index (χ1v) is 10.9. The number of rotatable bonds is 9. The lowest BCUT2D eigenvalue weighted by Gasteiger charge is -2.16. The molecule has 0 saturated carbocycles. The first-order chi connectivity index (χ1) is 14.9. The van der Waals surface area contributed by atoms with E-state index in [1.165, 1.54) is 12.1 Å². The highest BCUT2D eigenvalue weighted by Gasteiger charge is 2.13. The maximum absolute atomic E-state index is 13.5. The van der Waals surface area contributed by atoms with Crippen molar-refractivity contribution in [2.45, 2.75) is 12.5 Å². The van der Waals surface area contributed by atoms with Crippen molar-refractivity contribution in [2.75, 3.05) is 25.2 Å². The average Bonchev–Trinajstić information content (AvgIpc) is 2.73. The second-order valence-corrected chi connectivity index (χ2v) is 7.81. The number of benzene rings is 2. The molecule has 2 N–H and O–H groups in total. The summed E-state index contributed by atoms with van der Waals surface area (Å²) < 4.78 is 37.7. The van der Waals surface area contributed by atoms with Crippen LogP contribution in [-0.4, -0.2) is 42.3 Å². The van der Waals surface area contributed by atoms with Crippen molar-refractivity contribution in [3.63, 3.8) is 0 Å². The highest BCUT2D eigenvalue weighted by Crippen LogP contribution is 2.25. The van der Waals surface area contributed by atoms with E-state index in [1.807, 2.05) is 6.26 Å². The van der Waals surface area contributed by atoms with Gasteiger partial charge >= 0.3 is 5.63 Å². The van der Waals surface area contributed by atoms with Crippen LogP contribution in [0.2, 0.25) is 0 Å². The van der Waals surface area contributed by atoms with E-state index in [-0.39, 0.29) is 41.9 Å². The topological polar surface area (TPSA) is 88.8 Å². The van der Waals surface area contributed by atoms with E-state index in [9.17, 15) is 23.5 Å². The maximum Gasteiger partial charge on any atom is 0.344 e. The molecule has 0 fully saturated rings. The van der Waals surface area contributed by atoms with Gasteiger partial charge in [-0.2, -0.15) is 11.8 Å². The Morgan fingerprint density at radius 3 is 2.61 bits per heavy atom. The maximum atomic E-state index is 13.5. The summed E-state index contributed by atoms with van der Waals surface area (Å²) in [5.41, 5.74) is -0.451. The van der Waals surface area contributed by atoms with Crippen molar-refractivity contribution >= 4 is 28.6 Å². The van der Waals surface area contributed by atoms with E-state index in [0.29, 0.717) is 17.6 Å². The molecule has 0 aliphatic heterocycles. The lowest BCUT2D eigenvalue weighted by Crippen LogP contribution is -2.40. The summed E-state index contributed by atoms with van der Waals surface area (Å²) >= 11 is 1.62. The Balaban J connectivity index is 1.73. The minimum Gasteiger partial charge on any atom is -0.484 e. The standard InChI is InChI=1S/C22H21F2NO5S/c1-31-5-4-17(11-26)25-21(27)12-29-18-3-2-13-8-19(22(28)30-20(13)10-18)14-6-15(23)9-16(24)7-14/h2-3,6-10,17,26H,4-5,11-12H2,1H3,(H,25,27)/t17-/m0/s1. The highest BCUT2D eigenvalue weighted by molar-refractivity contribution is 7.98. The lowest BCUT2D eigenvalue weighted by molar-refractivity contribution is -0.124. The number of nitrogens with one attached hydrogen (secondary N) is 1. The molecule has 31 heavy (non-hydrogen) atoms. The van der Waals surface area contributed by atoms with Crippen LogP contribution in [0.5, 0.6) is 5.75 Å². The fourth-order valence-electron chi connectivity index (χ4n) is 2.98. The Bertz CT molecular complexity index is 1110. The fourth-order valence-corrected chi connectivity index (χ4v) is 3.50. The molecule has 2 aromatic carbocycles. The zero-order valence-corrected chi connectivity index (χ0v) is 17.5. The van der Waals surface area contributed by atoms with Crippen molar-refractivity contribution in [3.05, 3.63) is 64.5 Å². The van der Waals surface area contributed by atoms with Gasteiger partial charge in [0.15, 0.2) is 6.61 Å². The number of hydrogen-bond donors (Lipinski definition) is 2. The van der Waals surface area contributed by atoms with Crippen LogP contribution in [0.25, 0.3) is 22.1 Å². The van der Waals surface area contributed by atoms with Crippen LogP contribution in [-0.2, 0) is 4.79 Å². The Morgan fingerprint density at radius 1 is 1.19 bits per heavy atom. The van der Waals surface area contributed by atoms with E-state index in [4.69, 9.17) is 9.15 Å². The van der Waals surface area contributed by atoms with E-state index in [2.05, 4.69) is 5.32 Å². The molecule has 0 radical (unpaired) electrons. The molecule has 0 aliphatic carbocycles. The smallest absolute Gasteiger partial charge is 0.344 e. The molecule has 3 aromatic rings. The minimum atomic E-state index is -0.798. The number of aliphatic hydroxyl groups is 1. The molecule has 1 atom stereocenters. The monoisotopic (exact) mass is 449 g/mol. The van der Waals surface area contributed by atoms with Gasteiger partial charge in [-0.15, -0.1) is 0 Å². The number of ether oxygens (including phenoxy) is 1. The number of thioether (sulfide) groups is 1. The zero-order chi connectivity index (χ0) is 22.4. The number of halogens is 2. The van der Waals surface area contributed by atoms with Gasteiger partial charge in [0.2, 0.25) is 0 Å². The number of carbonyl (C=O) groups excluding carboxylic acids is 1. The van der Waals surface area contributed by atoms with Crippen LogP contribution in [0.4, 0.5) is 8.78 Å². The first-order valence-electron chi connectivity index (χ1n) is 9.46. The number of amides is 1. The van der Waals surface area contributed by atoms with Crippen LogP contribution in [0.3, 0.4) is 0 Å². The molecule has 0 unspecified atom stereocenters. The van der Waals surface area contributed by atoms with Crippen LogP contribution < -0.4 is 15.7 Å². The third kappa shape index (κ3) is 6.05. The lowest BCUT2D eigenvalue weighted by atomic mass is 10.1. The van der Waals surface area contributed by atoms with Gasteiger partial charge in [-0.1, -0.05) is 0 Å². The van der Waals surface area contributed by atoms with Crippen LogP contribution in [0.15, 0.2) is 51.7 Å². The van der Waals surface area contributed by atoms with E-state index >= 15 is 0 Å². The summed E-state index contributed by atoms with van der Waals surface area (Å²) in [4.78, 5) is 24.4. The Labute approximate surface area is 181 Å². The third-order valence-corrected chi connectivity index (χ3v) is 5.15. The van der Waals surface area contributed by atoms with Crippen LogP contribution in [0.1, 0.15) is 6.42 Å². The van der Waals surface area contributed by atoms with Gasteiger partial charge in [-0.25, -0.2) is 13.6 Å². The Kier molecular flexibility index (Phi) is 7.64. The molecule has 3 rings (SSSR count). The number of carbonyl (C=O) groups is 1. The Hall–Kier alpha value is -2.91. The molecule has 0 aliphatic rings. The summed E-state index contributed by atoms with van der Waals surface area (Å²) in [7, 11) is 0. The van der Waals surface area contributed by atoms with Gasteiger partial charge in [0.25, 0.3) is 5.91 Å². The van der Waals surface area contributed by atoms with Crippen LogP contribution >= 0.6 is 11.8 Å². The molecule has 0 spiro atoms. The summed E-state index contributed by atoms with van der Waals surface area (Å²) in [5, 5.41) is 12.5. The quantitative estimate of drug-likeness (QED) is 0.487. The number of aliphatic hydroxyl groups excluding tert-OH is 1. The van der Waals surface area contributed by atoms with Gasteiger partial charge in [-0.3, -0.25) is 4.79 Å². The predicted molar refractivity (Wildman–Crippen MR) is 115 cm³/mol. The second-order valence-electron chi connectivity index (χ2n) is 6.82. The van der Waals surface area contributed by atoms with Crippen molar-refractivity contribution < 1.29 is 27.8 Å². The summed E-state index contributed by atoms with van der Waals surface area (Å²) in [6, 6.07) is 8.61. The zero-order valence-electron chi connectivity index (χ0n) is 16.7. The van der Waals surface area contributed by atoms with Gasteiger partial charge < -0.3 is 19.6 Å². The van der Waals surface area contributed by atoms with E-state index < -0.39 is 17.3 Å². The Morgan fingerprint density at radius 2 is 1.94 bits per heavy atom. The van der Waals surface area contributed by atoms with Gasteiger partial charge in [-0.05, 0) is 54.3 Å². The largest absolute Gasteiger partial charge is 0.484 e. The SMILES string of the molecule is CSCC[C@@H](CO)NC(=O)COc1ccc2cc(-c3cc(F)cc(F)c3)c(=O)oc2c1.